The van der Waals surface area contributed by atoms with Crippen LogP contribution in [0.1, 0.15) is 17.5 Å². The summed E-state index contributed by atoms with van der Waals surface area (Å²) < 4.78 is 5.66. The van der Waals surface area contributed by atoms with E-state index in [4.69, 9.17) is 9.84 Å². The molecule has 3 rings (SSSR count). The van der Waals surface area contributed by atoms with Gasteiger partial charge in [0.15, 0.2) is 0 Å². The Morgan fingerprint density at radius 3 is 2.17 bits per heavy atom. The molecule has 1 aliphatic rings. The summed E-state index contributed by atoms with van der Waals surface area (Å²) in [6.45, 7) is 1.05. The van der Waals surface area contributed by atoms with Crippen LogP contribution in [0.5, 0.6) is 0 Å². The van der Waals surface area contributed by atoms with Crippen molar-refractivity contribution in [2.75, 3.05) is 5.32 Å². The molecule has 2 aromatic rings. The monoisotopic (exact) mass is 325 g/mol. The Morgan fingerprint density at radius 2 is 1.58 bits per heavy atom. The van der Waals surface area contributed by atoms with Gasteiger partial charge in [-0.3, -0.25) is 9.59 Å². The number of carbonyl (C=O) groups excluding carboxylic acids is 1. The van der Waals surface area contributed by atoms with Gasteiger partial charge in [-0.1, -0.05) is 42.5 Å². The zero-order valence-electron chi connectivity index (χ0n) is 13.1. The third-order valence-corrected chi connectivity index (χ3v) is 4.05. The van der Waals surface area contributed by atoms with E-state index in [1.165, 1.54) is 0 Å². The summed E-state index contributed by atoms with van der Waals surface area (Å²) in [5.41, 5.74) is 2.81. The first-order valence-corrected chi connectivity index (χ1v) is 7.88. The highest BCUT2D eigenvalue weighted by Crippen LogP contribution is 2.39. The normalized spacial score (nSPS) is 18.8. The molecule has 0 aliphatic heterocycles. The zero-order valence-corrected chi connectivity index (χ0v) is 13.1. The van der Waals surface area contributed by atoms with E-state index in [1.54, 1.807) is 12.1 Å². The Balaban J connectivity index is 1.45. The highest BCUT2D eigenvalue weighted by Gasteiger charge is 2.48. The molecule has 0 aromatic heterocycles. The lowest BCUT2D eigenvalue weighted by Crippen LogP contribution is -2.16. The second-order valence-corrected chi connectivity index (χ2v) is 5.95. The summed E-state index contributed by atoms with van der Waals surface area (Å²) >= 11 is 0. The molecule has 1 amide bonds. The van der Waals surface area contributed by atoms with E-state index in [1.807, 2.05) is 42.5 Å². The number of aliphatic carboxylic acids is 1. The van der Waals surface area contributed by atoms with Crippen molar-refractivity contribution in [2.45, 2.75) is 19.6 Å². The number of nitrogens with one attached hydrogen (secondary N) is 1. The maximum atomic E-state index is 11.9. The van der Waals surface area contributed by atoms with Gasteiger partial charge in [0.2, 0.25) is 5.91 Å². The molecular formula is C19H19NO4. The average Bonchev–Trinajstić information content (AvgIpc) is 3.38. The number of ether oxygens (including phenoxy) is 1. The summed E-state index contributed by atoms with van der Waals surface area (Å²) in [6, 6.07) is 17.3. The zero-order chi connectivity index (χ0) is 16.9. The number of carbonyl (C=O) groups is 2. The van der Waals surface area contributed by atoms with Crippen LogP contribution in [0.15, 0.2) is 54.6 Å². The summed E-state index contributed by atoms with van der Waals surface area (Å²) in [4.78, 5) is 22.7. The first-order chi connectivity index (χ1) is 11.6. The van der Waals surface area contributed by atoms with Crippen LogP contribution < -0.4 is 5.32 Å². The molecule has 1 aliphatic carbocycles. The van der Waals surface area contributed by atoms with Crippen molar-refractivity contribution in [1.82, 2.24) is 0 Å². The van der Waals surface area contributed by atoms with Crippen molar-refractivity contribution < 1.29 is 19.4 Å². The lowest BCUT2D eigenvalue weighted by Gasteiger charge is -2.07. The standard InChI is InChI=1S/C19H19NO4/c21-18(16-10-17(16)19(22)23)20-15-8-6-14(7-9-15)12-24-11-13-4-2-1-3-5-13/h1-9,16-17H,10-12H2,(H,20,21)(H,22,23). The van der Waals surface area contributed by atoms with Crippen LogP contribution in [-0.4, -0.2) is 17.0 Å². The minimum atomic E-state index is -0.902. The topological polar surface area (TPSA) is 75.6 Å². The van der Waals surface area contributed by atoms with Gasteiger partial charge in [0.05, 0.1) is 25.0 Å². The number of anilines is 1. The van der Waals surface area contributed by atoms with Gasteiger partial charge in [-0.05, 0) is 29.7 Å². The molecule has 5 nitrogen and oxygen atoms in total. The van der Waals surface area contributed by atoms with Crippen LogP contribution in [0.3, 0.4) is 0 Å². The third-order valence-electron chi connectivity index (χ3n) is 4.05. The van der Waals surface area contributed by atoms with Crippen molar-refractivity contribution in [1.29, 1.82) is 0 Å². The van der Waals surface area contributed by atoms with E-state index < -0.39 is 17.8 Å². The molecule has 2 aromatic carbocycles. The molecule has 1 fully saturated rings. The van der Waals surface area contributed by atoms with Gasteiger partial charge in [0.25, 0.3) is 0 Å². The Morgan fingerprint density at radius 1 is 0.958 bits per heavy atom. The first-order valence-electron chi connectivity index (χ1n) is 7.88. The Labute approximate surface area is 140 Å². The Kier molecular flexibility index (Phi) is 4.91. The highest BCUT2D eigenvalue weighted by molar-refractivity contribution is 5.98. The molecule has 0 heterocycles. The van der Waals surface area contributed by atoms with E-state index in [0.717, 1.165) is 11.1 Å². The molecule has 5 heteroatoms. The van der Waals surface area contributed by atoms with Crippen molar-refractivity contribution in [3.63, 3.8) is 0 Å². The van der Waals surface area contributed by atoms with E-state index >= 15 is 0 Å². The quantitative estimate of drug-likeness (QED) is 0.820. The van der Waals surface area contributed by atoms with Gasteiger partial charge >= 0.3 is 5.97 Å². The van der Waals surface area contributed by atoms with E-state index in [-0.39, 0.29) is 5.91 Å². The second-order valence-electron chi connectivity index (χ2n) is 5.95. The highest BCUT2D eigenvalue weighted by atomic mass is 16.5. The van der Waals surface area contributed by atoms with Crippen molar-refractivity contribution in [3.05, 3.63) is 65.7 Å². The lowest BCUT2D eigenvalue weighted by molar-refractivity contribution is -0.139. The van der Waals surface area contributed by atoms with Gasteiger partial charge in [0, 0.05) is 5.69 Å². The predicted molar refractivity (Wildman–Crippen MR) is 89.2 cm³/mol. The molecule has 24 heavy (non-hydrogen) atoms. The van der Waals surface area contributed by atoms with Gasteiger partial charge in [-0.2, -0.15) is 0 Å². The molecular weight excluding hydrogens is 306 g/mol. The fourth-order valence-electron chi connectivity index (χ4n) is 2.54. The van der Waals surface area contributed by atoms with Crippen molar-refractivity contribution in [2.24, 2.45) is 11.8 Å². The number of benzene rings is 2. The summed E-state index contributed by atoms with van der Waals surface area (Å²) in [5.74, 6) is -2.07. The number of amides is 1. The molecule has 124 valence electrons. The number of hydrogen-bond donors (Lipinski definition) is 2. The van der Waals surface area contributed by atoms with Gasteiger partial charge < -0.3 is 15.2 Å². The van der Waals surface area contributed by atoms with Crippen LogP contribution in [0.2, 0.25) is 0 Å². The largest absolute Gasteiger partial charge is 0.481 e. The van der Waals surface area contributed by atoms with Crippen LogP contribution in [0, 0.1) is 11.8 Å². The van der Waals surface area contributed by atoms with Crippen LogP contribution in [0.4, 0.5) is 5.69 Å². The average molecular weight is 325 g/mol. The maximum Gasteiger partial charge on any atom is 0.307 e. The van der Waals surface area contributed by atoms with Crippen LogP contribution in [0.25, 0.3) is 0 Å². The Hall–Kier alpha value is -2.66. The smallest absolute Gasteiger partial charge is 0.307 e. The number of hydrogen-bond acceptors (Lipinski definition) is 3. The minimum absolute atomic E-state index is 0.226. The number of rotatable bonds is 7. The van der Waals surface area contributed by atoms with E-state index in [9.17, 15) is 9.59 Å². The van der Waals surface area contributed by atoms with Gasteiger partial charge in [-0.25, -0.2) is 0 Å². The summed E-state index contributed by atoms with van der Waals surface area (Å²) in [6.07, 6.45) is 0.423. The van der Waals surface area contributed by atoms with E-state index in [0.29, 0.717) is 25.3 Å². The molecule has 2 unspecified atom stereocenters. The third kappa shape index (κ3) is 4.20. The van der Waals surface area contributed by atoms with Gasteiger partial charge in [0.1, 0.15) is 0 Å². The van der Waals surface area contributed by atoms with E-state index in [2.05, 4.69) is 5.32 Å². The van der Waals surface area contributed by atoms with Crippen molar-refractivity contribution in [3.8, 4) is 0 Å². The molecule has 0 spiro atoms. The molecule has 2 N–H and O–H groups in total. The van der Waals surface area contributed by atoms with Crippen LogP contribution >= 0.6 is 0 Å². The van der Waals surface area contributed by atoms with Gasteiger partial charge in [-0.15, -0.1) is 0 Å². The number of carboxylic acid groups (broad SMARTS) is 1. The fraction of sp³-hybridized carbons (Fsp3) is 0.263. The molecule has 0 saturated heterocycles. The minimum Gasteiger partial charge on any atom is -0.481 e. The molecule has 2 atom stereocenters. The Bertz CT molecular complexity index is 712. The van der Waals surface area contributed by atoms with Crippen molar-refractivity contribution >= 4 is 17.6 Å². The predicted octanol–water partition coefficient (Wildman–Crippen LogP) is 3.06. The first kappa shape index (κ1) is 16.2. The molecule has 0 bridgehead atoms. The summed E-state index contributed by atoms with van der Waals surface area (Å²) in [7, 11) is 0. The maximum absolute atomic E-state index is 11.9. The summed E-state index contributed by atoms with van der Waals surface area (Å²) in [5, 5.41) is 11.6. The number of carboxylic acids is 1. The van der Waals surface area contributed by atoms with Crippen LogP contribution in [-0.2, 0) is 27.5 Å². The fourth-order valence-corrected chi connectivity index (χ4v) is 2.54. The lowest BCUT2D eigenvalue weighted by atomic mass is 10.2. The molecule has 0 radical (unpaired) electrons. The molecule has 1 saturated carbocycles. The second kappa shape index (κ2) is 7.27. The SMILES string of the molecule is O=C(O)C1CC1C(=O)Nc1ccc(COCc2ccccc2)cc1.